The van der Waals surface area contributed by atoms with Gasteiger partial charge in [0, 0.05) is 18.5 Å². The molecule has 0 aromatic carbocycles. The molecule has 9 heteroatoms. The number of H-pyrrole nitrogens is 1. The summed E-state index contributed by atoms with van der Waals surface area (Å²) >= 11 is 1.07. The molecule has 0 radical (unpaired) electrons. The molecule has 0 saturated carbocycles. The lowest BCUT2D eigenvalue weighted by Crippen LogP contribution is -2.07. The minimum atomic E-state index is -3.36. The Morgan fingerprint density at radius 2 is 2.25 bits per heavy atom. The van der Waals surface area contributed by atoms with Crippen molar-refractivity contribution in [1.82, 2.24) is 14.6 Å². The molecule has 0 aliphatic heterocycles. The summed E-state index contributed by atoms with van der Waals surface area (Å²) in [6, 6.07) is 0. The van der Waals surface area contributed by atoms with E-state index in [2.05, 4.69) is 19.9 Å². The van der Waals surface area contributed by atoms with Crippen molar-refractivity contribution in [3.8, 4) is 0 Å². The van der Waals surface area contributed by atoms with E-state index in [1.165, 1.54) is 5.56 Å². The molecular weight excluding hydrogens is 298 g/mol. The van der Waals surface area contributed by atoms with Crippen molar-refractivity contribution < 1.29 is 8.42 Å². The van der Waals surface area contributed by atoms with Gasteiger partial charge in [0.05, 0.1) is 6.20 Å². The number of aromatic nitrogens is 3. The second kappa shape index (κ2) is 5.80. The van der Waals surface area contributed by atoms with Crippen LogP contribution in [0, 0.1) is 6.92 Å². The molecule has 0 aliphatic carbocycles. The Hall–Kier alpha value is -1.61. The van der Waals surface area contributed by atoms with Gasteiger partial charge in [-0.25, -0.2) is 8.42 Å². The van der Waals surface area contributed by atoms with Crippen molar-refractivity contribution in [3.63, 3.8) is 0 Å². The molecular formula is C11H17N5O2S2. The molecule has 20 heavy (non-hydrogen) atoms. The monoisotopic (exact) mass is 315 g/mol. The number of nitrogens with zero attached hydrogens (tertiary/aromatic N) is 2. The minimum Gasteiger partial charge on any atom is -0.382 e. The fraction of sp³-hybridized carbons (Fsp3) is 0.455. The Kier molecular flexibility index (Phi) is 4.29. The number of sulfone groups is 1. The van der Waals surface area contributed by atoms with Gasteiger partial charge in [-0.15, -0.1) is 0 Å². The maximum absolute atomic E-state index is 11.6. The standard InChI is InChI=1S/C11H17N5O2S2/c1-7-8(6-14-15-7)4-3-5-13-11-9(20(2,17)18)10(12)16-19-11/h6,13H,3-5H2,1-2H3,(H2,12,16)(H,14,15). The molecule has 0 spiro atoms. The summed E-state index contributed by atoms with van der Waals surface area (Å²) in [5.41, 5.74) is 7.82. The molecule has 2 aromatic heterocycles. The zero-order valence-corrected chi connectivity index (χ0v) is 12.9. The minimum absolute atomic E-state index is 0.0608. The van der Waals surface area contributed by atoms with Crippen molar-refractivity contribution >= 4 is 32.2 Å². The normalized spacial score (nSPS) is 11.7. The van der Waals surface area contributed by atoms with Crippen LogP contribution in [0.1, 0.15) is 17.7 Å². The zero-order valence-electron chi connectivity index (χ0n) is 11.3. The Balaban J connectivity index is 1.94. The van der Waals surface area contributed by atoms with E-state index in [4.69, 9.17) is 5.73 Å². The highest BCUT2D eigenvalue weighted by molar-refractivity contribution is 7.91. The van der Waals surface area contributed by atoms with Crippen LogP contribution >= 0.6 is 11.5 Å². The smallest absolute Gasteiger partial charge is 0.182 e. The lowest BCUT2D eigenvalue weighted by atomic mass is 10.1. The molecule has 0 aliphatic rings. The first-order chi connectivity index (χ1) is 9.39. The Labute approximate surface area is 121 Å². The predicted molar refractivity (Wildman–Crippen MR) is 79.8 cm³/mol. The van der Waals surface area contributed by atoms with Crippen LogP contribution < -0.4 is 11.1 Å². The number of aryl methyl sites for hydroxylation is 2. The van der Waals surface area contributed by atoms with Crippen LogP contribution in [-0.2, 0) is 16.3 Å². The van der Waals surface area contributed by atoms with Crippen LogP contribution in [0.4, 0.5) is 10.8 Å². The molecule has 0 amide bonds. The van der Waals surface area contributed by atoms with Crippen LogP contribution in [0.3, 0.4) is 0 Å². The summed E-state index contributed by atoms with van der Waals surface area (Å²) in [6.45, 7) is 2.62. The number of nitrogen functional groups attached to an aromatic ring is 1. The highest BCUT2D eigenvalue weighted by Crippen LogP contribution is 2.31. The highest BCUT2D eigenvalue weighted by atomic mass is 32.2. The van der Waals surface area contributed by atoms with E-state index in [0.717, 1.165) is 36.3 Å². The Morgan fingerprint density at radius 1 is 1.50 bits per heavy atom. The van der Waals surface area contributed by atoms with E-state index in [1.54, 1.807) is 0 Å². The topological polar surface area (TPSA) is 114 Å². The average molecular weight is 315 g/mol. The van der Waals surface area contributed by atoms with Crippen molar-refractivity contribution in [1.29, 1.82) is 0 Å². The number of aromatic amines is 1. The summed E-state index contributed by atoms with van der Waals surface area (Å²) in [5.74, 6) is 0.0608. The summed E-state index contributed by atoms with van der Waals surface area (Å²) in [6.07, 6.45) is 4.67. The van der Waals surface area contributed by atoms with E-state index in [9.17, 15) is 8.42 Å². The van der Waals surface area contributed by atoms with E-state index in [0.29, 0.717) is 11.5 Å². The van der Waals surface area contributed by atoms with E-state index < -0.39 is 9.84 Å². The van der Waals surface area contributed by atoms with E-state index in [1.807, 2.05) is 13.1 Å². The molecule has 7 nitrogen and oxygen atoms in total. The molecule has 0 bridgehead atoms. The maximum atomic E-state index is 11.6. The maximum Gasteiger partial charge on any atom is 0.182 e. The fourth-order valence-electron chi connectivity index (χ4n) is 1.87. The summed E-state index contributed by atoms with van der Waals surface area (Å²) in [7, 11) is -3.36. The first kappa shape index (κ1) is 14.8. The number of nitrogens with one attached hydrogen (secondary N) is 2. The summed E-state index contributed by atoms with van der Waals surface area (Å²) in [4.78, 5) is 0.0991. The second-order valence-corrected chi connectivity index (χ2v) is 7.27. The number of rotatable bonds is 6. The predicted octanol–water partition coefficient (Wildman–Crippen LogP) is 1.21. The number of nitrogens with two attached hydrogens (primary N) is 1. The summed E-state index contributed by atoms with van der Waals surface area (Å²) in [5, 5.41) is 10.4. The van der Waals surface area contributed by atoms with Gasteiger partial charge in [0.15, 0.2) is 15.7 Å². The van der Waals surface area contributed by atoms with Gasteiger partial charge < -0.3 is 11.1 Å². The molecule has 4 N–H and O–H groups in total. The molecule has 2 aromatic rings. The number of anilines is 2. The lowest BCUT2D eigenvalue weighted by Gasteiger charge is -2.05. The summed E-state index contributed by atoms with van der Waals surface area (Å²) < 4.78 is 27.2. The zero-order chi connectivity index (χ0) is 14.8. The van der Waals surface area contributed by atoms with Gasteiger partial charge >= 0.3 is 0 Å². The van der Waals surface area contributed by atoms with Gasteiger partial charge in [0.25, 0.3) is 0 Å². The molecule has 2 rings (SSSR count). The third-order valence-corrected chi connectivity index (χ3v) is 4.99. The first-order valence-electron chi connectivity index (χ1n) is 6.07. The van der Waals surface area contributed by atoms with Crippen LogP contribution in [0.2, 0.25) is 0 Å². The molecule has 0 fully saturated rings. The Morgan fingerprint density at radius 3 is 2.85 bits per heavy atom. The van der Waals surface area contributed by atoms with Crippen LogP contribution in [0.15, 0.2) is 11.1 Å². The molecule has 0 unspecified atom stereocenters. The van der Waals surface area contributed by atoms with Crippen molar-refractivity contribution in [3.05, 3.63) is 17.5 Å². The third-order valence-electron chi connectivity index (χ3n) is 2.89. The second-order valence-electron chi connectivity index (χ2n) is 4.55. The largest absolute Gasteiger partial charge is 0.382 e. The van der Waals surface area contributed by atoms with Crippen molar-refractivity contribution in [2.45, 2.75) is 24.7 Å². The SMILES string of the molecule is Cc1[nH]ncc1CCCNc1snc(N)c1S(C)(=O)=O. The van der Waals surface area contributed by atoms with Crippen molar-refractivity contribution in [2.75, 3.05) is 23.9 Å². The van der Waals surface area contributed by atoms with Gasteiger partial charge in [-0.05, 0) is 36.9 Å². The first-order valence-corrected chi connectivity index (χ1v) is 8.74. The van der Waals surface area contributed by atoms with E-state index in [-0.39, 0.29) is 10.7 Å². The third kappa shape index (κ3) is 3.28. The quantitative estimate of drug-likeness (QED) is 0.690. The van der Waals surface area contributed by atoms with Gasteiger partial charge in [-0.2, -0.15) is 9.47 Å². The number of hydrogen-bond donors (Lipinski definition) is 3. The Bertz CT molecular complexity index is 689. The highest BCUT2D eigenvalue weighted by Gasteiger charge is 2.20. The average Bonchev–Trinajstić information content (AvgIpc) is 2.91. The van der Waals surface area contributed by atoms with Crippen LogP contribution in [0.25, 0.3) is 0 Å². The van der Waals surface area contributed by atoms with Gasteiger partial charge in [-0.3, -0.25) is 5.10 Å². The van der Waals surface area contributed by atoms with E-state index >= 15 is 0 Å². The van der Waals surface area contributed by atoms with Crippen LogP contribution in [-0.4, -0.2) is 35.8 Å². The molecule has 110 valence electrons. The van der Waals surface area contributed by atoms with Crippen LogP contribution in [0.5, 0.6) is 0 Å². The van der Waals surface area contributed by atoms with Gasteiger partial charge in [0.2, 0.25) is 0 Å². The molecule has 2 heterocycles. The molecule has 0 atom stereocenters. The molecule has 0 saturated heterocycles. The lowest BCUT2D eigenvalue weighted by molar-refractivity contribution is 0.602. The van der Waals surface area contributed by atoms with Gasteiger partial charge in [0.1, 0.15) is 9.90 Å². The fourth-order valence-corrected chi connectivity index (χ4v) is 3.97. The number of hydrogen-bond acceptors (Lipinski definition) is 7. The van der Waals surface area contributed by atoms with Crippen molar-refractivity contribution in [2.24, 2.45) is 0 Å². The van der Waals surface area contributed by atoms with Gasteiger partial charge in [-0.1, -0.05) is 0 Å².